The van der Waals surface area contributed by atoms with Crippen molar-refractivity contribution in [1.82, 2.24) is 0 Å². The topological polar surface area (TPSA) is 84.5 Å². The summed E-state index contributed by atoms with van der Waals surface area (Å²) in [5, 5.41) is 9.12. The van der Waals surface area contributed by atoms with Crippen LogP contribution in [0.1, 0.15) is 26.7 Å². The normalized spacial score (nSPS) is 12.2. The van der Waals surface area contributed by atoms with Gasteiger partial charge in [0.1, 0.15) is 0 Å². The van der Waals surface area contributed by atoms with E-state index in [2.05, 4.69) is 24.4 Å². The average molecular weight is 269 g/mol. The third kappa shape index (κ3) is 4.46. The number of hydrazone groups is 1. The van der Waals surface area contributed by atoms with Crippen molar-refractivity contribution in [3.63, 3.8) is 0 Å². The lowest BCUT2D eigenvalue weighted by Gasteiger charge is -2.05. The first-order valence-electron chi connectivity index (χ1n) is 5.89. The zero-order chi connectivity index (χ0) is 13.6. The van der Waals surface area contributed by atoms with E-state index in [9.17, 15) is 8.42 Å². The summed E-state index contributed by atoms with van der Waals surface area (Å²) in [5.41, 5.74) is 3.58. The molecule has 0 aliphatic rings. The maximum absolute atomic E-state index is 11.1. The second kappa shape index (κ2) is 6.51. The summed E-state index contributed by atoms with van der Waals surface area (Å²) >= 11 is 0. The Balaban J connectivity index is 2.65. The smallest absolute Gasteiger partial charge is 0.238 e. The molecule has 5 nitrogen and oxygen atoms in total. The minimum atomic E-state index is -3.63. The number of rotatable bonds is 6. The Bertz CT molecular complexity index is 491. The number of primary sulfonamides is 1. The molecule has 100 valence electrons. The first kappa shape index (κ1) is 14.7. The molecule has 1 rings (SSSR count). The molecule has 3 N–H and O–H groups in total. The molecule has 0 aliphatic carbocycles. The Kier molecular flexibility index (Phi) is 5.30. The van der Waals surface area contributed by atoms with Crippen molar-refractivity contribution in [2.24, 2.45) is 16.2 Å². The highest BCUT2D eigenvalue weighted by atomic mass is 32.2. The summed E-state index contributed by atoms with van der Waals surface area (Å²) in [5.74, 6) is 0.459. The molecule has 0 heterocycles. The molecule has 0 aliphatic heterocycles. The summed E-state index contributed by atoms with van der Waals surface area (Å²) in [6.45, 7) is 4.22. The molecule has 0 spiro atoms. The second-order valence-electron chi connectivity index (χ2n) is 4.04. The van der Waals surface area contributed by atoms with Crippen molar-refractivity contribution in [2.75, 3.05) is 5.43 Å². The number of hydrogen-bond donors (Lipinski definition) is 2. The SMILES string of the molecule is CCC(/C=N/Nc1ccc(S(N)(=O)=O)cc1)CC. The van der Waals surface area contributed by atoms with E-state index >= 15 is 0 Å². The monoisotopic (exact) mass is 269 g/mol. The predicted octanol–water partition coefficient (Wildman–Crippen LogP) is 2.17. The van der Waals surface area contributed by atoms with Gasteiger partial charge in [-0.25, -0.2) is 13.6 Å². The maximum atomic E-state index is 11.1. The predicted molar refractivity (Wildman–Crippen MR) is 74.0 cm³/mol. The van der Waals surface area contributed by atoms with Gasteiger partial charge in [-0.3, -0.25) is 5.43 Å². The Morgan fingerprint density at radius 1 is 1.28 bits per heavy atom. The van der Waals surface area contributed by atoms with Gasteiger partial charge >= 0.3 is 0 Å². The fraction of sp³-hybridized carbons (Fsp3) is 0.417. The van der Waals surface area contributed by atoms with Gasteiger partial charge in [-0.15, -0.1) is 0 Å². The van der Waals surface area contributed by atoms with Crippen LogP contribution in [0.3, 0.4) is 0 Å². The first-order valence-corrected chi connectivity index (χ1v) is 7.44. The zero-order valence-electron chi connectivity index (χ0n) is 10.6. The lowest BCUT2D eigenvalue weighted by atomic mass is 10.1. The highest BCUT2D eigenvalue weighted by molar-refractivity contribution is 7.89. The largest absolute Gasteiger partial charge is 0.279 e. The van der Waals surface area contributed by atoms with Gasteiger partial charge in [0.05, 0.1) is 10.6 Å². The van der Waals surface area contributed by atoms with E-state index in [-0.39, 0.29) is 4.90 Å². The molecule has 0 aromatic heterocycles. The lowest BCUT2D eigenvalue weighted by molar-refractivity contribution is 0.598. The molecule has 0 saturated carbocycles. The van der Waals surface area contributed by atoms with Crippen LogP contribution in [0.4, 0.5) is 5.69 Å². The minimum Gasteiger partial charge on any atom is -0.279 e. The summed E-state index contributed by atoms with van der Waals surface area (Å²) in [6, 6.07) is 6.16. The number of hydrogen-bond acceptors (Lipinski definition) is 4. The van der Waals surface area contributed by atoms with Crippen molar-refractivity contribution in [3.05, 3.63) is 24.3 Å². The quantitative estimate of drug-likeness (QED) is 0.613. The van der Waals surface area contributed by atoms with Gasteiger partial charge in [0.2, 0.25) is 10.0 Å². The highest BCUT2D eigenvalue weighted by Gasteiger charge is 2.06. The van der Waals surface area contributed by atoms with Crippen molar-refractivity contribution in [1.29, 1.82) is 0 Å². The van der Waals surface area contributed by atoms with Crippen molar-refractivity contribution in [3.8, 4) is 0 Å². The zero-order valence-corrected chi connectivity index (χ0v) is 11.4. The minimum absolute atomic E-state index is 0.0945. The van der Waals surface area contributed by atoms with Crippen LogP contribution < -0.4 is 10.6 Å². The molecule has 1 aromatic rings. The third-order valence-corrected chi connectivity index (χ3v) is 3.64. The van der Waals surface area contributed by atoms with Crippen LogP contribution in [0.15, 0.2) is 34.3 Å². The number of nitrogens with zero attached hydrogens (tertiary/aromatic N) is 1. The van der Waals surface area contributed by atoms with Gasteiger partial charge in [-0.2, -0.15) is 5.10 Å². The molecular formula is C12H19N3O2S. The Labute approximate surface area is 108 Å². The molecule has 0 saturated heterocycles. The average Bonchev–Trinajstić information content (AvgIpc) is 2.34. The van der Waals surface area contributed by atoms with Crippen LogP contribution in [-0.2, 0) is 10.0 Å². The molecule has 0 amide bonds. The number of benzene rings is 1. The van der Waals surface area contributed by atoms with E-state index in [1.54, 1.807) is 12.1 Å². The Morgan fingerprint density at radius 2 is 1.83 bits per heavy atom. The molecular weight excluding hydrogens is 250 g/mol. The van der Waals surface area contributed by atoms with E-state index in [1.165, 1.54) is 12.1 Å². The standard InChI is InChI=1S/C12H19N3O2S/c1-3-10(4-2)9-14-15-11-5-7-12(8-6-11)18(13,16)17/h5-10,15H,3-4H2,1-2H3,(H2,13,16,17)/b14-9+. The van der Waals surface area contributed by atoms with Crippen LogP contribution in [0.5, 0.6) is 0 Å². The van der Waals surface area contributed by atoms with Gasteiger partial charge < -0.3 is 0 Å². The van der Waals surface area contributed by atoms with E-state index in [1.807, 2.05) is 6.21 Å². The molecule has 18 heavy (non-hydrogen) atoms. The second-order valence-corrected chi connectivity index (χ2v) is 5.60. The Morgan fingerprint density at radius 3 is 2.28 bits per heavy atom. The number of anilines is 1. The van der Waals surface area contributed by atoms with E-state index in [0.29, 0.717) is 5.92 Å². The van der Waals surface area contributed by atoms with Crippen LogP contribution in [-0.4, -0.2) is 14.6 Å². The molecule has 0 unspecified atom stereocenters. The molecule has 6 heteroatoms. The van der Waals surface area contributed by atoms with Gasteiger partial charge in [0, 0.05) is 6.21 Å². The fourth-order valence-electron chi connectivity index (χ4n) is 1.44. The molecule has 0 fully saturated rings. The summed E-state index contributed by atoms with van der Waals surface area (Å²) in [4.78, 5) is 0.0945. The van der Waals surface area contributed by atoms with Crippen molar-refractivity contribution in [2.45, 2.75) is 31.6 Å². The third-order valence-electron chi connectivity index (χ3n) is 2.71. The Hall–Kier alpha value is -1.40. The lowest BCUT2D eigenvalue weighted by Crippen LogP contribution is -2.11. The molecule has 0 atom stereocenters. The van der Waals surface area contributed by atoms with Gasteiger partial charge in [0.25, 0.3) is 0 Å². The molecule has 1 aromatic carbocycles. The number of nitrogens with one attached hydrogen (secondary N) is 1. The van der Waals surface area contributed by atoms with Crippen LogP contribution in [0.25, 0.3) is 0 Å². The van der Waals surface area contributed by atoms with Crippen LogP contribution >= 0.6 is 0 Å². The maximum Gasteiger partial charge on any atom is 0.238 e. The number of sulfonamides is 1. The molecule has 0 bridgehead atoms. The van der Waals surface area contributed by atoms with E-state index in [0.717, 1.165) is 18.5 Å². The van der Waals surface area contributed by atoms with Gasteiger partial charge in [-0.05, 0) is 43.0 Å². The van der Waals surface area contributed by atoms with Gasteiger partial charge in [-0.1, -0.05) is 13.8 Å². The fourth-order valence-corrected chi connectivity index (χ4v) is 1.95. The summed E-state index contributed by atoms with van der Waals surface area (Å²) in [6.07, 6.45) is 3.96. The van der Waals surface area contributed by atoms with E-state index in [4.69, 9.17) is 5.14 Å². The first-order chi connectivity index (χ1) is 8.47. The number of nitrogens with two attached hydrogens (primary N) is 1. The summed E-state index contributed by atoms with van der Waals surface area (Å²) < 4.78 is 22.1. The van der Waals surface area contributed by atoms with E-state index < -0.39 is 10.0 Å². The van der Waals surface area contributed by atoms with Crippen molar-refractivity contribution >= 4 is 21.9 Å². The van der Waals surface area contributed by atoms with Crippen LogP contribution in [0, 0.1) is 5.92 Å². The van der Waals surface area contributed by atoms with Gasteiger partial charge in [0.15, 0.2) is 0 Å². The molecule has 0 radical (unpaired) electrons. The highest BCUT2D eigenvalue weighted by Crippen LogP contribution is 2.12. The van der Waals surface area contributed by atoms with Crippen LogP contribution in [0.2, 0.25) is 0 Å². The van der Waals surface area contributed by atoms with Crippen molar-refractivity contribution < 1.29 is 8.42 Å². The summed E-state index contributed by atoms with van der Waals surface area (Å²) in [7, 11) is -3.63.